The highest BCUT2D eigenvalue weighted by atomic mass is 35.5. The predicted octanol–water partition coefficient (Wildman–Crippen LogP) is 5.04. The van der Waals surface area contributed by atoms with Gasteiger partial charge >= 0.3 is 5.69 Å². The van der Waals surface area contributed by atoms with Crippen LogP contribution in [0.1, 0.15) is 31.9 Å². The van der Waals surface area contributed by atoms with Crippen LogP contribution >= 0.6 is 23.4 Å². The average Bonchev–Trinajstić information content (AvgIpc) is 3.60. The molecule has 5 atom stereocenters. The average molecular weight is 642 g/mol. The van der Waals surface area contributed by atoms with Crippen LogP contribution in [0.4, 0.5) is 14.6 Å². The Balaban J connectivity index is 1.40. The second kappa shape index (κ2) is 11.1. The van der Waals surface area contributed by atoms with Gasteiger partial charge < -0.3 is 14.5 Å². The smallest absolute Gasteiger partial charge is 0.350 e. The number of halogens is 3. The summed E-state index contributed by atoms with van der Waals surface area (Å²) in [4.78, 5) is 38.4. The lowest BCUT2D eigenvalue weighted by atomic mass is 9.96. The topological polar surface area (TPSA) is 70.9 Å². The summed E-state index contributed by atoms with van der Waals surface area (Å²) in [5, 5.41) is 0.627. The summed E-state index contributed by atoms with van der Waals surface area (Å²) < 4.78 is 37.2. The fraction of sp³-hybridized carbons (Fsp3) is 0.469. The molecule has 2 aromatic carbocycles. The molecule has 3 fully saturated rings. The number of likely N-dealkylation sites (tertiary alicyclic amines) is 1. The Bertz CT molecular complexity index is 1760. The van der Waals surface area contributed by atoms with Gasteiger partial charge in [0.05, 0.1) is 29.3 Å². The molecule has 7 rings (SSSR count). The van der Waals surface area contributed by atoms with Crippen LogP contribution in [0, 0.1) is 18.6 Å². The van der Waals surface area contributed by atoms with Gasteiger partial charge in [-0.2, -0.15) is 4.98 Å². The highest BCUT2D eigenvalue weighted by Crippen LogP contribution is 2.47. The number of fused-ring (bicyclic) bond motifs is 2. The van der Waals surface area contributed by atoms with Crippen molar-refractivity contribution in [1.82, 2.24) is 19.4 Å². The number of anilines is 1. The number of aromatic nitrogens is 2. The molecule has 0 aliphatic carbocycles. The second-order valence-corrected chi connectivity index (χ2v) is 13.9. The predicted molar refractivity (Wildman–Crippen MR) is 169 cm³/mol. The zero-order valence-electron chi connectivity index (χ0n) is 24.9. The third-order valence-electron chi connectivity index (χ3n) is 9.51. The molecule has 0 saturated carbocycles. The van der Waals surface area contributed by atoms with Crippen LogP contribution in [0.15, 0.2) is 40.5 Å². The van der Waals surface area contributed by atoms with E-state index in [4.69, 9.17) is 21.3 Å². The third kappa shape index (κ3) is 4.74. The Morgan fingerprint density at radius 2 is 1.93 bits per heavy atom. The van der Waals surface area contributed by atoms with E-state index in [2.05, 4.69) is 16.4 Å². The quantitative estimate of drug-likeness (QED) is 0.286. The van der Waals surface area contributed by atoms with Crippen molar-refractivity contribution in [3.63, 3.8) is 0 Å². The molecule has 4 aliphatic rings. The Morgan fingerprint density at radius 1 is 1.18 bits per heavy atom. The summed E-state index contributed by atoms with van der Waals surface area (Å²) in [6, 6.07) is 4.00. The molecule has 232 valence electrons. The summed E-state index contributed by atoms with van der Waals surface area (Å²) >= 11 is 7.74. The monoisotopic (exact) mass is 641 g/mol. The number of rotatable bonds is 5. The number of hydrogen-bond donors (Lipinski definition) is 0. The standard InChI is InChI=1S/C32H34ClF2N5O3S/c1-5-27(41)39-17(3)10-38(11-18(39)4)31-23-6-16(2)28(22-8-24(33)26(35)9-25(22)34)30-29(23)40(32(42)36-31)20(15-44-30)12-37-13-21-7-19(37)14-43-21/h5-6,8-9,17-21H,1,7,10-15H2,2-4H3/t17-,18+,19-,20-,21-/m0/s1. The first-order chi connectivity index (χ1) is 21.0. The second-order valence-electron chi connectivity index (χ2n) is 12.4. The minimum absolute atomic E-state index is 0.129. The molecule has 0 radical (unpaired) electrons. The van der Waals surface area contributed by atoms with Crippen LogP contribution in [-0.2, 0) is 9.53 Å². The molecular formula is C32H34ClF2N5O3S. The SMILES string of the molecule is C=CC(=O)N1[C@H](C)CN(c2nc(=O)n3c4c(c(-c5cc(Cl)c(F)cc5F)c(C)cc24)SC[C@@H]3CN2C[C@@H]3C[C@H]2CO3)C[C@@H]1C. The molecule has 5 heterocycles. The molecule has 3 saturated heterocycles. The maximum absolute atomic E-state index is 15.4. The van der Waals surface area contributed by atoms with Crippen molar-refractivity contribution in [3.05, 3.63) is 63.6 Å². The number of aryl methyl sites for hydroxylation is 1. The van der Waals surface area contributed by atoms with E-state index in [1.807, 2.05) is 31.7 Å². The van der Waals surface area contributed by atoms with E-state index in [-0.39, 0.29) is 46.4 Å². The van der Waals surface area contributed by atoms with Gasteiger partial charge in [0, 0.05) is 77.5 Å². The van der Waals surface area contributed by atoms with E-state index < -0.39 is 11.6 Å². The van der Waals surface area contributed by atoms with E-state index in [1.165, 1.54) is 12.1 Å². The van der Waals surface area contributed by atoms with E-state index in [1.54, 1.807) is 16.3 Å². The van der Waals surface area contributed by atoms with Gasteiger partial charge in [0.1, 0.15) is 17.5 Å². The van der Waals surface area contributed by atoms with Gasteiger partial charge in [-0.15, -0.1) is 11.8 Å². The number of nitrogens with zero attached hydrogens (tertiary/aromatic N) is 5. The zero-order chi connectivity index (χ0) is 31.0. The van der Waals surface area contributed by atoms with Gasteiger partial charge in [0.2, 0.25) is 5.91 Å². The lowest BCUT2D eigenvalue weighted by Crippen LogP contribution is -2.58. The number of carbonyl (C=O) groups excluding carboxylic acids is 1. The number of ether oxygens (including phenoxy) is 1. The number of amides is 1. The van der Waals surface area contributed by atoms with Crippen LogP contribution in [0.2, 0.25) is 5.02 Å². The summed E-state index contributed by atoms with van der Waals surface area (Å²) in [7, 11) is 0. The van der Waals surface area contributed by atoms with Crippen molar-refractivity contribution in [2.24, 2.45) is 0 Å². The number of hydrogen-bond acceptors (Lipinski definition) is 7. The molecule has 3 aromatic rings. The summed E-state index contributed by atoms with van der Waals surface area (Å²) in [5.74, 6) is -0.516. The van der Waals surface area contributed by atoms with Crippen molar-refractivity contribution in [2.75, 3.05) is 43.4 Å². The molecule has 1 amide bonds. The van der Waals surface area contributed by atoms with Crippen molar-refractivity contribution >= 4 is 46.0 Å². The van der Waals surface area contributed by atoms with Crippen LogP contribution in [0.5, 0.6) is 0 Å². The molecule has 8 nitrogen and oxygen atoms in total. The van der Waals surface area contributed by atoms with Crippen LogP contribution in [0.3, 0.4) is 0 Å². The van der Waals surface area contributed by atoms with Gasteiger partial charge in [-0.3, -0.25) is 14.3 Å². The molecule has 1 aromatic heterocycles. The number of thioether (sulfide) groups is 1. The lowest BCUT2D eigenvalue weighted by Gasteiger charge is -2.45. The number of carbonyl (C=O) groups is 1. The third-order valence-corrected chi connectivity index (χ3v) is 11.0. The van der Waals surface area contributed by atoms with Gasteiger partial charge in [0.25, 0.3) is 0 Å². The number of piperazine rings is 1. The molecule has 2 bridgehead atoms. The van der Waals surface area contributed by atoms with E-state index in [0.717, 1.165) is 34.9 Å². The number of benzene rings is 2. The maximum atomic E-state index is 15.4. The zero-order valence-corrected chi connectivity index (χ0v) is 26.4. The summed E-state index contributed by atoms with van der Waals surface area (Å²) in [5.41, 5.74) is 1.90. The van der Waals surface area contributed by atoms with E-state index in [0.29, 0.717) is 54.9 Å². The van der Waals surface area contributed by atoms with Crippen LogP contribution in [0.25, 0.3) is 22.0 Å². The lowest BCUT2D eigenvalue weighted by molar-refractivity contribution is -0.130. The van der Waals surface area contributed by atoms with Crippen LogP contribution < -0.4 is 10.6 Å². The molecule has 4 aliphatic heterocycles. The van der Waals surface area contributed by atoms with Crippen LogP contribution in [-0.4, -0.2) is 88.0 Å². The van der Waals surface area contributed by atoms with Gasteiger partial charge in [0.15, 0.2) is 0 Å². The van der Waals surface area contributed by atoms with Crippen molar-refractivity contribution in [3.8, 4) is 11.1 Å². The molecular weight excluding hydrogens is 608 g/mol. The first-order valence-corrected chi connectivity index (χ1v) is 16.3. The Morgan fingerprint density at radius 3 is 2.59 bits per heavy atom. The van der Waals surface area contributed by atoms with Gasteiger partial charge in [-0.25, -0.2) is 13.6 Å². The normalized spacial score (nSPS) is 26.5. The fourth-order valence-electron chi connectivity index (χ4n) is 7.65. The number of morpholine rings is 1. The van der Waals surface area contributed by atoms with E-state index >= 15 is 4.39 Å². The highest BCUT2D eigenvalue weighted by molar-refractivity contribution is 7.99. The Labute approximate surface area is 263 Å². The maximum Gasteiger partial charge on any atom is 0.350 e. The molecule has 44 heavy (non-hydrogen) atoms. The van der Waals surface area contributed by atoms with Gasteiger partial charge in [-0.1, -0.05) is 18.2 Å². The summed E-state index contributed by atoms with van der Waals surface area (Å²) in [6.45, 7) is 12.7. The highest BCUT2D eigenvalue weighted by Gasteiger charge is 2.41. The first-order valence-electron chi connectivity index (χ1n) is 15.0. The minimum Gasteiger partial charge on any atom is -0.375 e. The molecule has 12 heteroatoms. The minimum atomic E-state index is -0.822. The fourth-order valence-corrected chi connectivity index (χ4v) is 9.19. The summed E-state index contributed by atoms with van der Waals surface area (Å²) in [6.07, 6.45) is 2.57. The Hall–Kier alpha value is -2.99. The van der Waals surface area contributed by atoms with Gasteiger partial charge in [-0.05, 0) is 51.0 Å². The van der Waals surface area contributed by atoms with Crippen molar-refractivity contribution in [2.45, 2.75) is 62.4 Å². The van der Waals surface area contributed by atoms with E-state index in [9.17, 15) is 14.0 Å². The Kier molecular flexibility index (Phi) is 7.50. The van der Waals surface area contributed by atoms with Crippen molar-refractivity contribution < 1.29 is 18.3 Å². The largest absolute Gasteiger partial charge is 0.375 e. The molecule has 0 N–H and O–H groups in total. The molecule has 0 unspecified atom stereocenters. The van der Waals surface area contributed by atoms with Crippen molar-refractivity contribution in [1.29, 1.82) is 0 Å². The molecule has 0 spiro atoms. The first kappa shape index (κ1) is 29.7.